The third kappa shape index (κ3) is 2.58. The Kier molecular flexibility index (Phi) is 3.28. The highest BCUT2D eigenvalue weighted by Crippen LogP contribution is 2.24. The average Bonchev–Trinajstić information content (AvgIpc) is 2.09. The molecule has 2 nitrogen and oxygen atoms in total. The van der Waals surface area contributed by atoms with Crippen molar-refractivity contribution in [3.63, 3.8) is 0 Å². The summed E-state index contributed by atoms with van der Waals surface area (Å²) >= 11 is 0. The zero-order chi connectivity index (χ0) is 10.7. The molecule has 0 heterocycles. The number of hydrogen-bond donors (Lipinski definition) is 1. The lowest BCUT2D eigenvalue weighted by Gasteiger charge is -2.10. The van der Waals surface area contributed by atoms with E-state index in [1.54, 1.807) is 0 Å². The van der Waals surface area contributed by atoms with Crippen molar-refractivity contribution < 1.29 is 13.5 Å². The highest BCUT2D eigenvalue weighted by molar-refractivity contribution is 5.52. The first kappa shape index (κ1) is 10.8. The summed E-state index contributed by atoms with van der Waals surface area (Å²) in [6, 6.07) is 1.89. The first-order valence-electron chi connectivity index (χ1n) is 4.38. The van der Waals surface area contributed by atoms with E-state index in [0.29, 0.717) is 12.5 Å². The van der Waals surface area contributed by atoms with Crippen molar-refractivity contribution in [2.75, 3.05) is 12.3 Å². The summed E-state index contributed by atoms with van der Waals surface area (Å²) in [6.07, 6.45) is 0. The van der Waals surface area contributed by atoms with Gasteiger partial charge >= 0.3 is 0 Å². The lowest BCUT2D eigenvalue weighted by molar-refractivity contribution is 0.270. The second-order valence-corrected chi connectivity index (χ2v) is 3.51. The minimum Gasteiger partial charge on any atom is -0.491 e. The molecule has 0 spiro atoms. The van der Waals surface area contributed by atoms with E-state index in [1.165, 1.54) is 0 Å². The smallest absolute Gasteiger partial charge is 0.162 e. The zero-order valence-corrected chi connectivity index (χ0v) is 8.18. The molecule has 0 aliphatic rings. The van der Waals surface area contributed by atoms with Crippen molar-refractivity contribution in [3.05, 3.63) is 23.8 Å². The minimum absolute atomic E-state index is 0.115. The second kappa shape index (κ2) is 4.26. The summed E-state index contributed by atoms with van der Waals surface area (Å²) in [5.74, 6) is -1.41. The van der Waals surface area contributed by atoms with Crippen LogP contribution in [0.25, 0.3) is 0 Å². The predicted octanol–water partition coefficient (Wildman–Crippen LogP) is 2.58. The maximum Gasteiger partial charge on any atom is 0.162 e. The first-order valence-corrected chi connectivity index (χ1v) is 4.38. The molecule has 1 aromatic rings. The fraction of sp³-hybridized carbons (Fsp3) is 0.400. The first-order chi connectivity index (χ1) is 6.50. The van der Waals surface area contributed by atoms with Gasteiger partial charge in [0.25, 0.3) is 0 Å². The monoisotopic (exact) mass is 201 g/mol. The van der Waals surface area contributed by atoms with Crippen LogP contribution < -0.4 is 10.5 Å². The number of benzene rings is 1. The van der Waals surface area contributed by atoms with Gasteiger partial charge < -0.3 is 10.5 Å². The molecule has 1 rings (SSSR count). The summed E-state index contributed by atoms with van der Waals surface area (Å²) in [5, 5.41) is 0. The highest BCUT2D eigenvalue weighted by atomic mass is 19.2. The van der Waals surface area contributed by atoms with Crippen molar-refractivity contribution in [2.45, 2.75) is 13.8 Å². The van der Waals surface area contributed by atoms with Crippen LogP contribution in [0.3, 0.4) is 0 Å². The van der Waals surface area contributed by atoms with E-state index >= 15 is 0 Å². The van der Waals surface area contributed by atoms with Gasteiger partial charge in [0.2, 0.25) is 0 Å². The van der Waals surface area contributed by atoms with Gasteiger partial charge in [-0.05, 0) is 5.92 Å². The molecule has 0 aliphatic heterocycles. The summed E-state index contributed by atoms with van der Waals surface area (Å²) in [6.45, 7) is 4.33. The van der Waals surface area contributed by atoms with Crippen molar-refractivity contribution in [1.82, 2.24) is 0 Å². The van der Waals surface area contributed by atoms with Crippen LogP contribution in [0.1, 0.15) is 13.8 Å². The Hall–Kier alpha value is -1.32. The maximum absolute atomic E-state index is 12.8. The van der Waals surface area contributed by atoms with Gasteiger partial charge in [0.15, 0.2) is 11.6 Å². The quantitative estimate of drug-likeness (QED) is 0.763. The Balaban J connectivity index is 2.82. The third-order valence-electron chi connectivity index (χ3n) is 1.62. The van der Waals surface area contributed by atoms with E-state index in [4.69, 9.17) is 10.5 Å². The number of halogens is 2. The van der Waals surface area contributed by atoms with Crippen molar-refractivity contribution in [1.29, 1.82) is 0 Å². The van der Waals surface area contributed by atoms with Crippen LogP contribution in [-0.4, -0.2) is 6.61 Å². The minimum atomic E-state index is -0.959. The number of anilines is 1. The number of nitrogen functional groups attached to an aromatic ring is 1. The van der Waals surface area contributed by atoms with Crippen LogP contribution in [0.2, 0.25) is 0 Å². The zero-order valence-electron chi connectivity index (χ0n) is 8.18. The van der Waals surface area contributed by atoms with Gasteiger partial charge in [0, 0.05) is 12.1 Å². The molecule has 0 radical (unpaired) electrons. The highest BCUT2D eigenvalue weighted by Gasteiger charge is 2.08. The van der Waals surface area contributed by atoms with Crippen molar-refractivity contribution >= 4 is 5.69 Å². The van der Waals surface area contributed by atoms with Gasteiger partial charge in [0.1, 0.15) is 5.75 Å². The van der Waals surface area contributed by atoms with Gasteiger partial charge in [-0.1, -0.05) is 13.8 Å². The van der Waals surface area contributed by atoms with Crippen LogP contribution in [0.5, 0.6) is 5.75 Å². The molecule has 0 unspecified atom stereocenters. The van der Waals surface area contributed by atoms with E-state index in [2.05, 4.69) is 0 Å². The Morgan fingerprint density at radius 2 is 1.86 bits per heavy atom. The molecular weight excluding hydrogens is 188 g/mol. The molecule has 14 heavy (non-hydrogen) atoms. The summed E-state index contributed by atoms with van der Waals surface area (Å²) < 4.78 is 30.6. The summed E-state index contributed by atoms with van der Waals surface area (Å²) in [7, 11) is 0. The normalized spacial score (nSPS) is 10.6. The Labute approximate surface area is 81.7 Å². The SMILES string of the molecule is CC(C)COc1cc(F)c(F)cc1N. The van der Waals surface area contributed by atoms with Crippen molar-refractivity contribution in [3.8, 4) is 5.75 Å². The fourth-order valence-electron chi connectivity index (χ4n) is 0.925. The van der Waals surface area contributed by atoms with Gasteiger partial charge in [-0.25, -0.2) is 8.78 Å². The Morgan fingerprint density at radius 3 is 2.43 bits per heavy atom. The van der Waals surface area contributed by atoms with E-state index in [0.717, 1.165) is 12.1 Å². The Morgan fingerprint density at radius 1 is 1.29 bits per heavy atom. The number of rotatable bonds is 3. The van der Waals surface area contributed by atoms with Crippen molar-refractivity contribution in [2.24, 2.45) is 5.92 Å². The Bertz CT molecular complexity index is 326. The fourth-order valence-corrected chi connectivity index (χ4v) is 0.925. The van der Waals surface area contributed by atoms with Gasteiger partial charge in [-0.2, -0.15) is 0 Å². The van der Waals surface area contributed by atoms with Gasteiger partial charge in [0.05, 0.1) is 12.3 Å². The van der Waals surface area contributed by atoms with Crippen LogP contribution in [0.15, 0.2) is 12.1 Å². The standard InChI is InChI=1S/C10H13F2NO/c1-6(2)5-14-10-4-8(12)7(11)3-9(10)13/h3-4,6H,5,13H2,1-2H3. The largest absolute Gasteiger partial charge is 0.491 e. The number of hydrogen-bond acceptors (Lipinski definition) is 2. The topological polar surface area (TPSA) is 35.2 Å². The molecule has 1 aromatic carbocycles. The van der Waals surface area contributed by atoms with E-state index in [-0.39, 0.29) is 11.4 Å². The van der Waals surface area contributed by atoms with E-state index in [1.807, 2.05) is 13.8 Å². The lowest BCUT2D eigenvalue weighted by atomic mass is 10.2. The van der Waals surface area contributed by atoms with E-state index < -0.39 is 11.6 Å². The molecule has 2 N–H and O–H groups in total. The lowest BCUT2D eigenvalue weighted by Crippen LogP contribution is -2.06. The second-order valence-electron chi connectivity index (χ2n) is 3.51. The van der Waals surface area contributed by atoms with E-state index in [9.17, 15) is 8.78 Å². The maximum atomic E-state index is 12.8. The summed E-state index contributed by atoms with van der Waals surface area (Å²) in [4.78, 5) is 0. The van der Waals surface area contributed by atoms with Crippen LogP contribution in [0.4, 0.5) is 14.5 Å². The molecular formula is C10H13F2NO. The molecule has 0 amide bonds. The number of ether oxygens (including phenoxy) is 1. The molecule has 0 bridgehead atoms. The van der Waals surface area contributed by atoms with Crippen LogP contribution >= 0.6 is 0 Å². The molecule has 0 saturated carbocycles. The third-order valence-corrected chi connectivity index (χ3v) is 1.62. The summed E-state index contributed by atoms with van der Waals surface area (Å²) in [5.41, 5.74) is 5.56. The molecule has 0 aliphatic carbocycles. The molecule has 4 heteroatoms. The van der Waals surface area contributed by atoms with Crippen LogP contribution in [0, 0.1) is 17.6 Å². The van der Waals surface area contributed by atoms with Crippen LogP contribution in [-0.2, 0) is 0 Å². The van der Waals surface area contributed by atoms with Gasteiger partial charge in [-0.3, -0.25) is 0 Å². The average molecular weight is 201 g/mol. The molecule has 0 saturated heterocycles. The number of nitrogens with two attached hydrogens (primary N) is 1. The molecule has 0 aromatic heterocycles. The molecule has 0 atom stereocenters. The predicted molar refractivity (Wildman–Crippen MR) is 51.1 cm³/mol. The van der Waals surface area contributed by atoms with Gasteiger partial charge in [-0.15, -0.1) is 0 Å². The molecule has 78 valence electrons. The molecule has 0 fully saturated rings.